The molecule has 2 aromatic carbocycles. The third kappa shape index (κ3) is 3.51. The number of nitro benzene ring substituents is 1. The van der Waals surface area contributed by atoms with Gasteiger partial charge in [-0.1, -0.05) is 0 Å². The van der Waals surface area contributed by atoms with Gasteiger partial charge in [0, 0.05) is 17.7 Å². The van der Waals surface area contributed by atoms with E-state index in [1.165, 1.54) is 42.5 Å². The summed E-state index contributed by atoms with van der Waals surface area (Å²) >= 11 is 3.19. The van der Waals surface area contributed by atoms with Gasteiger partial charge in [-0.25, -0.2) is 4.79 Å². The molecule has 0 atom stereocenters. The minimum absolute atomic E-state index is 0.108. The van der Waals surface area contributed by atoms with Crippen molar-refractivity contribution in [1.29, 1.82) is 0 Å². The number of carbonyl (C=O) groups excluding carboxylic acids is 2. The Morgan fingerprint density at radius 2 is 1.86 bits per heavy atom. The van der Waals surface area contributed by atoms with Crippen LogP contribution < -0.4 is 4.74 Å². The van der Waals surface area contributed by atoms with Crippen molar-refractivity contribution in [2.45, 2.75) is 0 Å². The molecule has 2 rings (SSSR count). The molecule has 0 heterocycles. The van der Waals surface area contributed by atoms with E-state index in [4.69, 9.17) is 4.74 Å². The number of carbonyl (C=O) groups is 2. The van der Waals surface area contributed by atoms with E-state index in [2.05, 4.69) is 15.9 Å². The molecule has 0 aliphatic heterocycles. The number of ether oxygens (including phenoxy) is 1. The summed E-state index contributed by atoms with van der Waals surface area (Å²) in [5.74, 6) is -0.395. The SMILES string of the molecule is O=Cc1ccc(OC(=O)c2ccc([N+](=O)[O-])cc2)c(Br)c1. The summed E-state index contributed by atoms with van der Waals surface area (Å²) in [4.78, 5) is 32.5. The molecule has 7 heteroatoms. The summed E-state index contributed by atoms with van der Waals surface area (Å²) in [5.41, 5.74) is 0.520. The van der Waals surface area contributed by atoms with Gasteiger partial charge in [0.2, 0.25) is 0 Å². The van der Waals surface area contributed by atoms with Crippen LogP contribution in [0.4, 0.5) is 5.69 Å². The van der Waals surface area contributed by atoms with Crippen LogP contribution in [0, 0.1) is 10.1 Å². The zero-order valence-electron chi connectivity index (χ0n) is 10.5. The second-order valence-corrected chi connectivity index (χ2v) is 4.86. The molecule has 6 nitrogen and oxygen atoms in total. The van der Waals surface area contributed by atoms with Crippen LogP contribution in [0.2, 0.25) is 0 Å². The van der Waals surface area contributed by atoms with Gasteiger partial charge in [0.05, 0.1) is 15.0 Å². The van der Waals surface area contributed by atoms with E-state index in [1.54, 1.807) is 0 Å². The van der Waals surface area contributed by atoms with Crippen molar-refractivity contribution in [3.63, 3.8) is 0 Å². The topological polar surface area (TPSA) is 86.5 Å². The van der Waals surface area contributed by atoms with Crippen LogP contribution in [0.25, 0.3) is 0 Å². The third-order valence-electron chi connectivity index (χ3n) is 2.61. The number of halogens is 1. The van der Waals surface area contributed by atoms with Crippen molar-refractivity contribution in [3.05, 3.63) is 68.2 Å². The molecule has 0 amide bonds. The maximum atomic E-state index is 11.9. The van der Waals surface area contributed by atoms with Gasteiger partial charge >= 0.3 is 5.97 Å². The van der Waals surface area contributed by atoms with Crippen LogP contribution in [0.5, 0.6) is 5.75 Å². The summed E-state index contributed by atoms with van der Waals surface area (Å²) < 4.78 is 5.62. The quantitative estimate of drug-likeness (QED) is 0.277. The predicted molar refractivity (Wildman–Crippen MR) is 77.6 cm³/mol. The summed E-state index contributed by atoms with van der Waals surface area (Å²) in [7, 11) is 0. The molecule has 0 saturated heterocycles. The molecular formula is C14H8BrNO5. The van der Waals surface area contributed by atoms with Gasteiger partial charge in [-0.15, -0.1) is 0 Å². The Labute approximate surface area is 127 Å². The Morgan fingerprint density at radius 3 is 2.38 bits per heavy atom. The predicted octanol–water partition coefficient (Wildman–Crippen LogP) is 3.39. The molecule has 0 fully saturated rings. The Hall–Kier alpha value is -2.54. The minimum Gasteiger partial charge on any atom is -0.422 e. The van der Waals surface area contributed by atoms with Crippen LogP contribution in [-0.2, 0) is 0 Å². The van der Waals surface area contributed by atoms with E-state index in [9.17, 15) is 19.7 Å². The number of nitro groups is 1. The summed E-state index contributed by atoms with van der Waals surface area (Å²) in [6, 6.07) is 9.59. The molecule has 0 aliphatic rings. The van der Waals surface area contributed by atoms with Crippen molar-refractivity contribution in [2.75, 3.05) is 0 Å². The molecule has 21 heavy (non-hydrogen) atoms. The highest BCUT2D eigenvalue weighted by molar-refractivity contribution is 9.10. The first kappa shape index (κ1) is 14.9. The molecular weight excluding hydrogens is 342 g/mol. The average Bonchev–Trinajstić information content (AvgIpc) is 2.49. The summed E-state index contributed by atoms with van der Waals surface area (Å²) in [5, 5.41) is 10.5. The van der Waals surface area contributed by atoms with Gasteiger partial charge in [-0.2, -0.15) is 0 Å². The smallest absolute Gasteiger partial charge is 0.343 e. The second kappa shape index (κ2) is 6.27. The van der Waals surface area contributed by atoms with Gasteiger partial charge < -0.3 is 4.74 Å². The van der Waals surface area contributed by atoms with Gasteiger partial charge in [-0.05, 0) is 46.3 Å². The highest BCUT2D eigenvalue weighted by Gasteiger charge is 2.13. The molecule has 0 spiro atoms. The molecule has 2 aromatic rings. The van der Waals surface area contributed by atoms with E-state index < -0.39 is 10.9 Å². The molecule has 0 N–H and O–H groups in total. The number of nitrogens with zero attached hydrogens (tertiary/aromatic N) is 1. The molecule has 0 bridgehead atoms. The van der Waals surface area contributed by atoms with E-state index in [0.29, 0.717) is 16.3 Å². The highest BCUT2D eigenvalue weighted by Crippen LogP contribution is 2.26. The van der Waals surface area contributed by atoms with E-state index in [-0.39, 0.29) is 17.0 Å². The minimum atomic E-state index is -0.649. The molecule has 0 aliphatic carbocycles. The Bertz CT molecular complexity index is 712. The Balaban J connectivity index is 2.17. The Kier molecular flexibility index (Phi) is 4.44. The van der Waals surface area contributed by atoms with Crippen molar-refractivity contribution < 1.29 is 19.2 Å². The maximum Gasteiger partial charge on any atom is 0.343 e. The average molecular weight is 350 g/mol. The van der Waals surface area contributed by atoms with Crippen molar-refractivity contribution in [3.8, 4) is 5.75 Å². The fourth-order valence-corrected chi connectivity index (χ4v) is 2.03. The van der Waals surface area contributed by atoms with E-state index in [1.807, 2.05) is 0 Å². The van der Waals surface area contributed by atoms with Crippen LogP contribution in [-0.4, -0.2) is 17.2 Å². The van der Waals surface area contributed by atoms with Gasteiger partial charge in [0.25, 0.3) is 5.69 Å². The number of aldehydes is 1. The number of non-ortho nitro benzene ring substituents is 1. The number of rotatable bonds is 4. The first-order chi connectivity index (χ1) is 10.0. The molecule has 106 valence electrons. The van der Waals surface area contributed by atoms with Crippen LogP contribution in [0.1, 0.15) is 20.7 Å². The standard InChI is InChI=1S/C14H8BrNO5/c15-12-7-9(8-17)1-6-13(12)21-14(18)10-2-4-11(5-3-10)16(19)20/h1-8H. The second-order valence-electron chi connectivity index (χ2n) is 4.00. The first-order valence-electron chi connectivity index (χ1n) is 5.72. The summed E-state index contributed by atoms with van der Waals surface area (Å²) in [6.07, 6.45) is 0.673. The molecule has 0 unspecified atom stereocenters. The normalized spacial score (nSPS) is 9.95. The first-order valence-corrected chi connectivity index (χ1v) is 6.52. The molecule has 0 aromatic heterocycles. The Morgan fingerprint density at radius 1 is 1.19 bits per heavy atom. The van der Waals surface area contributed by atoms with Crippen molar-refractivity contribution >= 4 is 33.9 Å². The lowest BCUT2D eigenvalue weighted by molar-refractivity contribution is -0.384. The lowest BCUT2D eigenvalue weighted by Gasteiger charge is -2.06. The van der Waals surface area contributed by atoms with Crippen LogP contribution in [0.3, 0.4) is 0 Å². The lowest BCUT2D eigenvalue weighted by atomic mass is 10.2. The fourth-order valence-electron chi connectivity index (χ4n) is 1.55. The number of hydrogen-bond acceptors (Lipinski definition) is 5. The van der Waals surface area contributed by atoms with E-state index in [0.717, 1.165) is 0 Å². The summed E-state index contributed by atoms with van der Waals surface area (Å²) in [6.45, 7) is 0. The lowest BCUT2D eigenvalue weighted by Crippen LogP contribution is -2.09. The van der Waals surface area contributed by atoms with Gasteiger partial charge in [0.1, 0.15) is 12.0 Å². The number of hydrogen-bond donors (Lipinski definition) is 0. The number of benzene rings is 2. The largest absolute Gasteiger partial charge is 0.422 e. The van der Waals surface area contributed by atoms with Crippen LogP contribution in [0.15, 0.2) is 46.9 Å². The molecule has 0 radical (unpaired) electrons. The zero-order valence-corrected chi connectivity index (χ0v) is 12.1. The van der Waals surface area contributed by atoms with Crippen LogP contribution >= 0.6 is 15.9 Å². The monoisotopic (exact) mass is 349 g/mol. The van der Waals surface area contributed by atoms with Gasteiger partial charge in [0.15, 0.2) is 0 Å². The highest BCUT2D eigenvalue weighted by atomic mass is 79.9. The molecule has 0 saturated carbocycles. The van der Waals surface area contributed by atoms with Gasteiger partial charge in [-0.3, -0.25) is 14.9 Å². The third-order valence-corrected chi connectivity index (χ3v) is 3.23. The maximum absolute atomic E-state index is 11.9. The fraction of sp³-hybridized carbons (Fsp3) is 0. The zero-order chi connectivity index (χ0) is 15.4. The van der Waals surface area contributed by atoms with Crippen molar-refractivity contribution in [2.24, 2.45) is 0 Å². The number of esters is 1. The van der Waals surface area contributed by atoms with Crippen molar-refractivity contribution in [1.82, 2.24) is 0 Å². The van der Waals surface area contributed by atoms with E-state index >= 15 is 0 Å².